The molecule has 0 radical (unpaired) electrons. The number of nitro groups is 1. The van der Waals surface area contributed by atoms with Crippen LogP contribution in [-0.2, 0) is 23.1 Å². The Hall–Kier alpha value is -5.37. The van der Waals surface area contributed by atoms with Gasteiger partial charge in [-0.15, -0.1) is 0 Å². The van der Waals surface area contributed by atoms with Crippen molar-refractivity contribution in [2.75, 3.05) is 13.2 Å². The van der Waals surface area contributed by atoms with Crippen molar-refractivity contribution in [3.8, 4) is 0 Å². The summed E-state index contributed by atoms with van der Waals surface area (Å²) in [4.78, 5) is 69.6. The van der Waals surface area contributed by atoms with Crippen LogP contribution >= 0.6 is 7.60 Å². The summed E-state index contributed by atoms with van der Waals surface area (Å²) < 4.78 is 39.7. The molecule has 1 aromatic carbocycles. The number of aliphatic hydroxyl groups excluding tert-OH is 1. The lowest BCUT2D eigenvalue weighted by atomic mass is 10.1. The van der Waals surface area contributed by atoms with Gasteiger partial charge in [-0.1, -0.05) is 22.4 Å². The number of ether oxygens (including phenoxy) is 2. The molecule has 24 heteroatoms. The van der Waals surface area contributed by atoms with E-state index < -0.39 is 102 Å². The molecule has 51 heavy (non-hydrogen) atoms. The van der Waals surface area contributed by atoms with Crippen molar-refractivity contribution in [3.63, 3.8) is 0 Å². The lowest BCUT2D eigenvalue weighted by Gasteiger charge is -2.27. The van der Waals surface area contributed by atoms with Gasteiger partial charge in [0.2, 0.25) is 0 Å². The number of para-hydroxylation sites is 1. The maximum Gasteiger partial charge on any atom is 0.363 e. The summed E-state index contributed by atoms with van der Waals surface area (Å²) in [6.45, 7) is 1.50. The van der Waals surface area contributed by atoms with E-state index in [1.54, 1.807) is 0 Å². The molecule has 2 saturated heterocycles. The van der Waals surface area contributed by atoms with Crippen LogP contribution in [0.3, 0.4) is 0 Å². The molecule has 0 spiro atoms. The van der Waals surface area contributed by atoms with Crippen molar-refractivity contribution in [1.29, 1.82) is 0 Å². The number of nitrogens with zero attached hydrogens (tertiary/aromatic N) is 9. The first-order valence-electron chi connectivity index (χ1n) is 15.1. The van der Waals surface area contributed by atoms with Crippen molar-refractivity contribution in [2.24, 2.45) is 10.2 Å². The van der Waals surface area contributed by atoms with Crippen LogP contribution < -0.4 is 22.5 Å². The van der Waals surface area contributed by atoms with Crippen LogP contribution in [0.5, 0.6) is 0 Å². The standard InChI is InChI=1S/C27H30N11O12P/c1-13-9-36(26(42)30-23(13)39)21-7-16(32-34-28)19(49-21)11-47-51(46,25(41)15-5-3-4-6-18(15)38(44)45)48-12-20-17(33-35-29)8-22(50-20)37-10-14(2)24(40)31-27(37)43/h3-6,9-10,16-17,19-22,25,41H,7-8,11-12H2,1-2H3,(H,30,39,42)(H,31,40,43)/t16-,17-,19+,20+,21+,22+,25?/m0/s1. The van der Waals surface area contributed by atoms with Gasteiger partial charge in [-0.25, -0.2) is 9.59 Å². The predicted molar refractivity (Wildman–Crippen MR) is 173 cm³/mol. The third-order valence-corrected chi connectivity index (χ3v) is 10.2. The minimum Gasteiger partial charge on any atom is -0.376 e. The number of H-pyrrole nitrogens is 2. The Bertz CT molecular complexity index is 2090. The Balaban J connectivity index is 1.43. The summed E-state index contributed by atoms with van der Waals surface area (Å²) in [6.07, 6.45) is -2.27. The Labute approximate surface area is 284 Å². The molecule has 7 atom stereocenters. The minimum absolute atomic E-state index is 0.0872. The number of nitro benzene ring substituents is 1. The number of aryl methyl sites for hydroxylation is 2. The smallest absolute Gasteiger partial charge is 0.363 e. The van der Waals surface area contributed by atoms with Crippen molar-refractivity contribution in [1.82, 2.24) is 19.1 Å². The number of nitrogens with one attached hydrogen (secondary N) is 2. The van der Waals surface area contributed by atoms with Crippen LogP contribution in [-0.4, -0.2) is 66.6 Å². The fraction of sp³-hybridized carbons (Fsp3) is 0.481. The molecule has 3 N–H and O–H groups in total. The number of aromatic nitrogens is 4. The highest BCUT2D eigenvalue weighted by Crippen LogP contribution is 2.61. The number of benzene rings is 1. The molecule has 2 aliphatic heterocycles. The van der Waals surface area contributed by atoms with Gasteiger partial charge in [0.1, 0.15) is 12.5 Å². The van der Waals surface area contributed by atoms with E-state index in [2.05, 4.69) is 30.0 Å². The highest BCUT2D eigenvalue weighted by atomic mass is 31.2. The van der Waals surface area contributed by atoms with Crippen molar-refractivity contribution in [2.45, 2.75) is 69.3 Å². The van der Waals surface area contributed by atoms with Gasteiger partial charge < -0.3 is 23.6 Å². The number of azide groups is 2. The zero-order valence-corrected chi connectivity index (χ0v) is 27.6. The molecule has 0 aliphatic carbocycles. The summed E-state index contributed by atoms with van der Waals surface area (Å²) in [5.41, 5.74) is 14.8. The second-order valence-corrected chi connectivity index (χ2v) is 13.6. The average molecular weight is 732 g/mol. The molecule has 3 aromatic rings. The lowest BCUT2D eigenvalue weighted by Crippen LogP contribution is -2.33. The number of hydrogen-bond acceptors (Lipinski definition) is 14. The van der Waals surface area contributed by atoms with E-state index in [4.69, 9.17) is 18.5 Å². The van der Waals surface area contributed by atoms with Gasteiger partial charge in [0, 0.05) is 52.3 Å². The SMILES string of the molecule is Cc1cn([C@H]2C[C@H](N=[N+]=[N-])[C@@H](COP(=O)(OC[C@H]3O[C@@H](n4cc(C)c(=O)[nH]c4=O)C[C@@H]3N=[N+]=[N-])C(O)c3ccccc3[N+](=O)[O-])O2)c(=O)[nH]c1=O. The first kappa shape index (κ1) is 36.9. The molecule has 2 aliphatic rings. The predicted octanol–water partition coefficient (Wildman–Crippen LogP) is 2.46. The average Bonchev–Trinajstić information content (AvgIpc) is 3.69. The lowest BCUT2D eigenvalue weighted by molar-refractivity contribution is -0.386. The molecule has 270 valence electrons. The van der Waals surface area contributed by atoms with Gasteiger partial charge in [0.15, 0.2) is 5.85 Å². The van der Waals surface area contributed by atoms with Gasteiger partial charge in [-0.2, -0.15) is 0 Å². The third-order valence-electron chi connectivity index (χ3n) is 8.27. The highest BCUT2D eigenvalue weighted by Gasteiger charge is 2.45. The number of hydrogen-bond donors (Lipinski definition) is 3. The molecule has 5 rings (SSSR count). The molecule has 2 aromatic heterocycles. The van der Waals surface area contributed by atoms with Gasteiger partial charge in [-0.05, 0) is 31.0 Å². The zero-order valence-electron chi connectivity index (χ0n) is 26.7. The topological polar surface area (TPSA) is 325 Å². The first-order chi connectivity index (χ1) is 24.3. The van der Waals surface area contributed by atoms with Gasteiger partial charge in [-0.3, -0.25) is 43.4 Å². The molecular formula is C27H30N11O12P. The van der Waals surface area contributed by atoms with Crippen LogP contribution in [0, 0.1) is 24.0 Å². The zero-order chi connectivity index (χ0) is 37.0. The number of rotatable bonds is 13. The largest absolute Gasteiger partial charge is 0.376 e. The van der Waals surface area contributed by atoms with Crippen molar-refractivity contribution >= 4 is 13.3 Å². The normalized spacial score (nSPS) is 24.6. The molecule has 0 bridgehead atoms. The first-order valence-corrected chi connectivity index (χ1v) is 16.7. The maximum atomic E-state index is 14.5. The quantitative estimate of drug-likeness (QED) is 0.0570. The molecular weight excluding hydrogens is 701 g/mol. The minimum atomic E-state index is -4.94. The monoisotopic (exact) mass is 731 g/mol. The Morgan fingerprint density at radius 1 is 0.941 bits per heavy atom. The molecule has 23 nitrogen and oxygen atoms in total. The van der Waals surface area contributed by atoms with Crippen molar-refractivity contribution in [3.05, 3.63) is 126 Å². The van der Waals surface area contributed by atoms with Gasteiger partial charge in [0.25, 0.3) is 16.8 Å². The summed E-state index contributed by atoms with van der Waals surface area (Å²) in [5, 5.41) is 30.5. The van der Waals surface area contributed by atoms with Gasteiger partial charge >= 0.3 is 19.0 Å². The van der Waals surface area contributed by atoms with Crippen LogP contribution in [0.1, 0.15) is 47.8 Å². The fourth-order valence-corrected chi connectivity index (χ4v) is 7.25. The molecule has 0 amide bonds. The van der Waals surface area contributed by atoms with Crippen LogP contribution in [0.15, 0.2) is 66.1 Å². The second-order valence-electron chi connectivity index (χ2n) is 11.6. The summed E-state index contributed by atoms with van der Waals surface area (Å²) in [6, 6.07) is 2.80. The number of aromatic amines is 2. The molecule has 2 fully saturated rings. The molecule has 1 unspecified atom stereocenters. The number of aliphatic hydroxyl groups is 1. The van der Waals surface area contributed by atoms with E-state index in [0.717, 1.165) is 21.3 Å². The van der Waals surface area contributed by atoms with E-state index in [-0.39, 0.29) is 24.0 Å². The highest BCUT2D eigenvalue weighted by molar-refractivity contribution is 7.54. The van der Waals surface area contributed by atoms with Crippen LogP contribution in [0.2, 0.25) is 0 Å². The van der Waals surface area contributed by atoms with Crippen LogP contribution in [0.4, 0.5) is 5.69 Å². The summed E-state index contributed by atoms with van der Waals surface area (Å²) in [7, 11) is -4.94. The van der Waals surface area contributed by atoms with E-state index in [0.29, 0.717) is 0 Å². The van der Waals surface area contributed by atoms with Crippen molar-refractivity contribution < 1.29 is 33.1 Å². The second kappa shape index (κ2) is 15.3. The fourth-order valence-electron chi connectivity index (χ4n) is 5.62. The summed E-state index contributed by atoms with van der Waals surface area (Å²) >= 11 is 0. The van der Waals surface area contributed by atoms with E-state index in [1.807, 2.05) is 0 Å². The molecule has 4 heterocycles. The van der Waals surface area contributed by atoms with Gasteiger partial charge in [0.05, 0.1) is 48.0 Å². The Morgan fingerprint density at radius 3 is 1.82 bits per heavy atom. The summed E-state index contributed by atoms with van der Waals surface area (Å²) in [5.74, 6) is -2.28. The van der Waals surface area contributed by atoms with E-state index in [9.17, 15) is 50.0 Å². The maximum absolute atomic E-state index is 14.5. The Kier molecular flexibility index (Phi) is 11.0. The Morgan fingerprint density at radius 2 is 1.39 bits per heavy atom. The van der Waals surface area contributed by atoms with E-state index in [1.165, 1.54) is 38.4 Å². The van der Waals surface area contributed by atoms with Crippen LogP contribution in [0.25, 0.3) is 20.9 Å². The van der Waals surface area contributed by atoms with E-state index >= 15 is 0 Å². The molecule has 0 saturated carbocycles. The third kappa shape index (κ3) is 7.85.